The minimum Gasteiger partial charge on any atom is -0.481 e. The largest absolute Gasteiger partial charge is 0.481 e. The van der Waals surface area contributed by atoms with Crippen LogP contribution in [0.1, 0.15) is 57.7 Å². The molecule has 0 amide bonds. The smallest absolute Gasteiger partial charge is 0.330 e. The van der Waals surface area contributed by atoms with Gasteiger partial charge in [0.05, 0.1) is 19.1 Å². The number of unbranched alkanes of at least 4 members (excludes halogenated alkanes) is 2. The molecule has 1 fully saturated rings. The average molecular weight is 427 g/mol. The third kappa shape index (κ3) is 5.57. The number of H-pyrrole nitrogens is 1. The van der Waals surface area contributed by atoms with Gasteiger partial charge in [0.2, 0.25) is 0 Å². The van der Waals surface area contributed by atoms with Crippen molar-refractivity contribution in [2.45, 2.75) is 76.9 Å². The Hall–Kier alpha value is -2.01. The molecular formula is C20H33N3O7. The Balaban J connectivity index is 2.42. The lowest BCUT2D eigenvalue weighted by Crippen LogP contribution is -2.52. The molecule has 10 heteroatoms. The number of hydrogen-bond donors (Lipinski definition) is 3. The van der Waals surface area contributed by atoms with Gasteiger partial charge in [0.1, 0.15) is 11.7 Å². The number of nitrogens with zero attached hydrogens (tertiary/aromatic N) is 1. The Kier molecular flexibility index (Phi) is 8.78. The Bertz CT molecular complexity index is 821. The summed E-state index contributed by atoms with van der Waals surface area (Å²) < 4.78 is 19.1. The van der Waals surface area contributed by atoms with Gasteiger partial charge in [0.15, 0.2) is 6.23 Å². The number of rotatable bonds is 12. The van der Waals surface area contributed by atoms with Crippen LogP contribution in [-0.4, -0.2) is 58.2 Å². The van der Waals surface area contributed by atoms with E-state index in [1.54, 1.807) is 6.92 Å². The van der Waals surface area contributed by atoms with Crippen LogP contribution in [0.4, 0.5) is 0 Å². The van der Waals surface area contributed by atoms with Crippen molar-refractivity contribution in [1.82, 2.24) is 9.55 Å². The number of ether oxygens (including phenoxy) is 3. The van der Waals surface area contributed by atoms with Gasteiger partial charge in [-0.1, -0.05) is 26.7 Å². The zero-order valence-electron chi connectivity index (χ0n) is 17.9. The van der Waals surface area contributed by atoms with Crippen molar-refractivity contribution in [1.29, 1.82) is 0 Å². The molecule has 1 aliphatic rings. The van der Waals surface area contributed by atoms with Gasteiger partial charge in [0, 0.05) is 25.0 Å². The van der Waals surface area contributed by atoms with E-state index in [1.807, 2.05) is 13.8 Å². The maximum Gasteiger partial charge on any atom is 0.330 e. The van der Waals surface area contributed by atoms with E-state index < -0.39 is 47.6 Å². The number of aryl methyl sites for hydroxylation is 1. The maximum absolute atomic E-state index is 12.4. The summed E-state index contributed by atoms with van der Waals surface area (Å²) in [5.41, 5.74) is 4.19. The van der Waals surface area contributed by atoms with Crippen molar-refractivity contribution >= 4 is 5.97 Å². The number of carboxylic acid groups (broad SMARTS) is 1. The molecule has 0 bridgehead atoms. The predicted octanol–water partition coefficient (Wildman–Crippen LogP) is 0.917. The summed E-state index contributed by atoms with van der Waals surface area (Å²) in [7, 11) is 0. The second kappa shape index (κ2) is 10.9. The van der Waals surface area contributed by atoms with E-state index in [0.717, 1.165) is 25.7 Å². The van der Waals surface area contributed by atoms with E-state index in [0.29, 0.717) is 18.8 Å². The molecule has 0 radical (unpaired) electrons. The SMILES string of the molecule is CCCCOC[C@@]1(CC(=O)O)O[C@@H](n2cc(C)c(=O)[nH]c2=O)[C@@H](N)C1OCCCC. The van der Waals surface area contributed by atoms with Gasteiger partial charge >= 0.3 is 11.7 Å². The fourth-order valence-electron chi connectivity index (χ4n) is 3.58. The lowest BCUT2D eigenvalue weighted by molar-refractivity contribution is -0.172. The van der Waals surface area contributed by atoms with Gasteiger partial charge in [-0.05, 0) is 19.8 Å². The number of hydrogen-bond acceptors (Lipinski definition) is 7. The van der Waals surface area contributed by atoms with Crippen molar-refractivity contribution in [2.24, 2.45) is 5.73 Å². The molecule has 30 heavy (non-hydrogen) atoms. The molecule has 1 aromatic heterocycles. The molecule has 2 heterocycles. The van der Waals surface area contributed by atoms with Crippen molar-refractivity contribution in [2.75, 3.05) is 19.8 Å². The van der Waals surface area contributed by atoms with Gasteiger partial charge in [-0.3, -0.25) is 19.1 Å². The third-order valence-electron chi connectivity index (χ3n) is 5.21. The first-order valence-electron chi connectivity index (χ1n) is 10.4. The minimum absolute atomic E-state index is 0.0304. The first-order chi connectivity index (χ1) is 14.3. The Morgan fingerprint density at radius 1 is 1.30 bits per heavy atom. The zero-order chi connectivity index (χ0) is 22.3. The van der Waals surface area contributed by atoms with E-state index >= 15 is 0 Å². The van der Waals surface area contributed by atoms with E-state index in [2.05, 4.69) is 4.98 Å². The summed E-state index contributed by atoms with van der Waals surface area (Å²) in [6.45, 7) is 6.38. The molecule has 1 aromatic rings. The summed E-state index contributed by atoms with van der Waals surface area (Å²) in [4.78, 5) is 38.1. The predicted molar refractivity (Wildman–Crippen MR) is 110 cm³/mol. The van der Waals surface area contributed by atoms with Gasteiger partial charge in [-0.25, -0.2) is 4.79 Å². The van der Waals surface area contributed by atoms with Crippen LogP contribution in [0.5, 0.6) is 0 Å². The summed E-state index contributed by atoms with van der Waals surface area (Å²) in [6.07, 6.45) is 2.58. The number of nitrogens with one attached hydrogen (secondary N) is 1. The van der Waals surface area contributed by atoms with Crippen LogP contribution < -0.4 is 17.0 Å². The molecule has 4 atom stereocenters. The van der Waals surface area contributed by atoms with Gasteiger partial charge < -0.3 is 25.1 Å². The molecule has 1 unspecified atom stereocenters. The number of nitrogens with two attached hydrogens (primary N) is 1. The number of aliphatic carboxylic acids is 1. The molecule has 0 aliphatic carbocycles. The van der Waals surface area contributed by atoms with Gasteiger partial charge in [0.25, 0.3) is 5.56 Å². The standard InChI is InChI=1S/C20H33N3O7/c1-4-6-8-28-12-20(10-14(24)25)16(29-9-7-5-2)15(21)18(30-20)23-11-13(3)17(26)22-19(23)27/h11,15-16,18H,4-10,12,21H2,1-3H3,(H,24,25)(H,22,26,27)/t15-,16?,18+,20+/m0/s1. The highest BCUT2D eigenvalue weighted by Gasteiger charge is 2.56. The van der Waals surface area contributed by atoms with Crippen LogP contribution in [-0.2, 0) is 19.0 Å². The fourth-order valence-corrected chi connectivity index (χ4v) is 3.58. The number of aromatic amines is 1. The number of carboxylic acids is 1. The number of aromatic nitrogens is 2. The van der Waals surface area contributed by atoms with Crippen molar-refractivity contribution < 1.29 is 24.1 Å². The topological polar surface area (TPSA) is 146 Å². The van der Waals surface area contributed by atoms with E-state index in [4.69, 9.17) is 19.9 Å². The second-order valence-corrected chi connectivity index (χ2v) is 7.75. The van der Waals surface area contributed by atoms with Crippen LogP contribution in [0.2, 0.25) is 0 Å². The first kappa shape index (κ1) is 24.3. The van der Waals surface area contributed by atoms with Crippen LogP contribution in [0.15, 0.2) is 15.8 Å². The molecule has 0 saturated carbocycles. The normalized spacial score (nSPS) is 26.2. The average Bonchev–Trinajstić information content (AvgIpc) is 2.94. The van der Waals surface area contributed by atoms with Crippen LogP contribution in [0.25, 0.3) is 0 Å². The molecule has 0 aromatic carbocycles. The Labute approximate surface area is 175 Å². The van der Waals surface area contributed by atoms with Crippen LogP contribution in [0.3, 0.4) is 0 Å². The summed E-state index contributed by atoms with van der Waals surface area (Å²) >= 11 is 0. The van der Waals surface area contributed by atoms with Crippen molar-refractivity contribution in [3.05, 3.63) is 32.6 Å². The zero-order valence-corrected chi connectivity index (χ0v) is 17.9. The van der Waals surface area contributed by atoms with Gasteiger partial charge in [-0.15, -0.1) is 0 Å². The fraction of sp³-hybridized carbons (Fsp3) is 0.750. The summed E-state index contributed by atoms with van der Waals surface area (Å²) in [5, 5.41) is 9.56. The van der Waals surface area contributed by atoms with E-state index in [1.165, 1.54) is 10.8 Å². The summed E-state index contributed by atoms with van der Waals surface area (Å²) in [5.74, 6) is -1.09. The molecule has 2 rings (SSSR count). The molecule has 0 spiro atoms. The minimum atomic E-state index is -1.36. The van der Waals surface area contributed by atoms with E-state index in [-0.39, 0.29) is 6.61 Å². The van der Waals surface area contributed by atoms with Crippen molar-refractivity contribution in [3.8, 4) is 0 Å². The third-order valence-corrected chi connectivity index (χ3v) is 5.21. The van der Waals surface area contributed by atoms with Gasteiger partial charge in [-0.2, -0.15) is 0 Å². The highest BCUT2D eigenvalue weighted by Crippen LogP contribution is 2.40. The molecule has 1 saturated heterocycles. The lowest BCUT2D eigenvalue weighted by atomic mass is 9.91. The molecule has 4 N–H and O–H groups in total. The van der Waals surface area contributed by atoms with Crippen LogP contribution >= 0.6 is 0 Å². The molecule has 170 valence electrons. The van der Waals surface area contributed by atoms with Crippen LogP contribution in [0, 0.1) is 6.92 Å². The van der Waals surface area contributed by atoms with E-state index in [9.17, 15) is 19.5 Å². The first-order valence-corrected chi connectivity index (χ1v) is 10.4. The molecule has 10 nitrogen and oxygen atoms in total. The quantitative estimate of drug-likeness (QED) is 0.417. The molecular weight excluding hydrogens is 394 g/mol. The Morgan fingerprint density at radius 2 is 1.97 bits per heavy atom. The molecule has 1 aliphatic heterocycles. The highest BCUT2D eigenvalue weighted by molar-refractivity contribution is 5.68. The maximum atomic E-state index is 12.4. The van der Waals surface area contributed by atoms with Crippen molar-refractivity contribution in [3.63, 3.8) is 0 Å². The summed E-state index contributed by atoms with van der Waals surface area (Å²) in [6, 6.07) is -0.834. The lowest BCUT2D eigenvalue weighted by Gasteiger charge is -2.33. The highest BCUT2D eigenvalue weighted by atomic mass is 16.6. The monoisotopic (exact) mass is 427 g/mol. The Morgan fingerprint density at radius 3 is 2.60 bits per heavy atom. The number of carbonyl (C=O) groups is 1. The second-order valence-electron chi connectivity index (χ2n) is 7.75.